The van der Waals surface area contributed by atoms with Crippen LogP contribution >= 0.6 is 0 Å². The van der Waals surface area contributed by atoms with E-state index in [1.807, 2.05) is 39.2 Å². The van der Waals surface area contributed by atoms with Gasteiger partial charge in [-0.1, -0.05) is 52.2 Å². The van der Waals surface area contributed by atoms with Gasteiger partial charge in [0.15, 0.2) is 0 Å². The van der Waals surface area contributed by atoms with Crippen molar-refractivity contribution < 1.29 is 9.21 Å². The summed E-state index contributed by atoms with van der Waals surface area (Å²) >= 11 is 0. The van der Waals surface area contributed by atoms with Crippen LogP contribution in [-0.2, 0) is 11.8 Å². The van der Waals surface area contributed by atoms with Crippen LogP contribution < -0.4 is 10.2 Å². The van der Waals surface area contributed by atoms with E-state index in [1.165, 1.54) is 32.1 Å². The molecule has 0 saturated heterocycles. The lowest BCUT2D eigenvalue weighted by atomic mass is 9.80. The predicted molar refractivity (Wildman–Crippen MR) is 147 cm³/mol. The quantitative estimate of drug-likeness (QED) is 0.393. The lowest BCUT2D eigenvalue weighted by Crippen LogP contribution is -2.31. The number of nitrogens with zero attached hydrogens (tertiary/aromatic N) is 3. The molecule has 0 atom stereocenters. The van der Waals surface area contributed by atoms with Gasteiger partial charge in [0.1, 0.15) is 23.2 Å². The molecular weight excluding hydrogens is 448 g/mol. The van der Waals surface area contributed by atoms with Crippen LogP contribution in [0.25, 0.3) is 10.9 Å². The Labute approximate surface area is 215 Å². The van der Waals surface area contributed by atoms with Crippen LogP contribution in [0.1, 0.15) is 87.0 Å². The SMILES string of the molecule is Cc1oc(C(C)(C)C)cc1C(=O)NCC1CCC(CCCc2nc(N(C)C)c3ccccc3n2)CC1. The smallest absolute Gasteiger partial charge is 0.254 e. The number of nitrogens with one attached hydrogen (secondary N) is 1. The minimum Gasteiger partial charge on any atom is -0.465 e. The molecule has 0 unspecified atom stereocenters. The van der Waals surface area contributed by atoms with Crippen molar-refractivity contribution in [1.29, 1.82) is 0 Å². The highest BCUT2D eigenvalue weighted by molar-refractivity contribution is 5.95. The zero-order valence-electron chi connectivity index (χ0n) is 22.9. The van der Waals surface area contributed by atoms with Gasteiger partial charge in [-0.05, 0) is 56.2 Å². The maximum Gasteiger partial charge on any atom is 0.254 e. The summed E-state index contributed by atoms with van der Waals surface area (Å²) in [7, 11) is 4.08. The summed E-state index contributed by atoms with van der Waals surface area (Å²) in [4.78, 5) is 24.5. The van der Waals surface area contributed by atoms with Gasteiger partial charge >= 0.3 is 0 Å². The van der Waals surface area contributed by atoms with E-state index in [1.54, 1.807) is 0 Å². The van der Waals surface area contributed by atoms with Gasteiger partial charge in [-0.3, -0.25) is 4.79 Å². The van der Waals surface area contributed by atoms with Crippen molar-refractivity contribution in [2.24, 2.45) is 11.8 Å². The van der Waals surface area contributed by atoms with Gasteiger partial charge in [-0.15, -0.1) is 0 Å². The highest BCUT2D eigenvalue weighted by Gasteiger charge is 2.25. The first kappa shape index (κ1) is 26.2. The Balaban J connectivity index is 1.22. The molecule has 6 nitrogen and oxygen atoms in total. The second-order valence-electron chi connectivity index (χ2n) is 11.7. The van der Waals surface area contributed by atoms with Gasteiger partial charge < -0.3 is 14.6 Å². The van der Waals surface area contributed by atoms with Crippen molar-refractivity contribution in [3.8, 4) is 0 Å². The number of aromatic nitrogens is 2. The minimum atomic E-state index is -0.100. The number of hydrogen-bond acceptors (Lipinski definition) is 5. The average Bonchev–Trinajstić information content (AvgIpc) is 3.25. The molecule has 1 amide bonds. The summed E-state index contributed by atoms with van der Waals surface area (Å²) in [6, 6.07) is 10.2. The lowest BCUT2D eigenvalue weighted by Gasteiger charge is -2.28. The highest BCUT2D eigenvalue weighted by atomic mass is 16.3. The van der Waals surface area contributed by atoms with Gasteiger partial charge in [-0.25, -0.2) is 9.97 Å². The normalized spacial score (nSPS) is 18.4. The van der Waals surface area contributed by atoms with Gasteiger partial charge in [0.2, 0.25) is 0 Å². The van der Waals surface area contributed by atoms with Crippen molar-refractivity contribution in [3.05, 3.63) is 53.2 Å². The summed E-state index contributed by atoms with van der Waals surface area (Å²) in [5.41, 5.74) is 1.59. The number of rotatable bonds is 8. The van der Waals surface area contributed by atoms with Crippen LogP contribution in [0.2, 0.25) is 0 Å². The van der Waals surface area contributed by atoms with Crippen LogP contribution in [0.5, 0.6) is 0 Å². The van der Waals surface area contributed by atoms with E-state index in [0.717, 1.165) is 53.6 Å². The summed E-state index contributed by atoms with van der Waals surface area (Å²) in [5.74, 6) is 4.81. The van der Waals surface area contributed by atoms with Crippen LogP contribution in [0.4, 0.5) is 5.82 Å². The molecule has 2 heterocycles. The number of amides is 1. The zero-order chi connectivity index (χ0) is 25.9. The van der Waals surface area contributed by atoms with E-state index in [4.69, 9.17) is 14.4 Å². The molecular formula is C30H42N4O2. The third kappa shape index (κ3) is 6.26. The minimum absolute atomic E-state index is 0.0126. The molecule has 4 rings (SSSR count). The van der Waals surface area contributed by atoms with E-state index in [9.17, 15) is 4.79 Å². The number of furan rings is 1. The van der Waals surface area contributed by atoms with E-state index in [-0.39, 0.29) is 11.3 Å². The Morgan fingerprint density at radius 1 is 1.08 bits per heavy atom. The Morgan fingerprint density at radius 2 is 1.78 bits per heavy atom. The van der Waals surface area contributed by atoms with E-state index in [2.05, 4.69) is 43.1 Å². The van der Waals surface area contributed by atoms with Crippen LogP contribution in [-0.4, -0.2) is 36.5 Å². The first-order valence-corrected chi connectivity index (χ1v) is 13.4. The number of para-hydroxylation sites is 1. The predicted octanol–water partition coefficient (Wildman–Crippen LogP) is 6.45. The fourth-order valence-corrected chi connectivity index (χ4v) is 5.24. The standard InChI is InChI=1S/C30H42N4O2/c1-20-24(18-26(36-20)30(2,3)4)29(35)31-19-22-16-14-21(15-17-22)10-9-13-27-32-25-12-8-7-11-23(25)28(33-27)34(5)6/h7-8,11-12,18,21-22H,9-10,13-17,19H2,1-6H3,(H,31,35). The second-order valence-corrected chi connectivity index (χ2v) is 11.7. The number of aryl methyl sites for hydroxylation is 2. The molecule has 36 heavy (non-hydrogen) atoms. The number of carbonyl (C=O) groups is 1. The second kappa shape index (κ2) is 11.0. The van der Waals surface area contributed by atoms with Crippen molar-refractivity contribution >= 4 is 22.6 Å². The Kier molecular flexibility index (Phi) is 8.01. The monoisotopic (exact) mass is 490 g/mol. The molecule has 1 saturated carbocycles. The summed E-state index contributed by atoms with van der Waals surface area (Å²) in [6.07, 6.45) is 8.09. The molecule has 1 aliphatic carbocycles. The molecule has 1 aliphatic rings. The third-order valence-electron chi connectivity index (χ3n) is 7.49. The first-order chi connectivity index (χ1) is 17.1. The fraction of sp³-hybridized carbons (Fsp3) is 0.567. The summed E-state index contributed by atoms with van der Waals surface area (Å²) in [5, 5.41) is 4.27. The third-order valence-corrected chi connectivity index (χ3v) is 7.49. The van der Waals surface area contributed by atoms with Crippen LogP contribution in [0.15, 0.2) is 34.7 Å². The molecule has 194 valence electrons. The fourth-order valence-electron chi connectivity index (χ4n) is 5.24. The molecule has 1 aromatic carbocycles. The Morgan fingerprint density at radius 3 is 2.44 bits per heavy atom. The Bertz CT molecular complexity index is 1180. The van der Waals surface area contributed by atoms with Crippen molar-refractivity contribution in [3.63, 3.8) is 0 Å². The molecule has 1 N–H and O–H groups in total. The van der Waals surface area contributed by atoms with E-state index in [0.29, 0.717) is 17.2 Å². The Hall–Kier alpha value is -2.89. The summed E-state index contributed by atoms with van der Waals surface area (Å²) < 4.78 is 5.84. The number of hydrogen-bond donors (Lipinski definition) is 1. The van der Waals surface area contributed by atoms with Gasteiger partial charge in [-0.2, -0.15) is 0 Å². The molecule has 1 fully saturated rings. The van der Waals surface area contributed by atoms with Crippen LogP contribution in [0, 0.1) is 18.8 Å². The topological polar surface area (TPSA) is 71.3 Å². The largest absolute Gasteiger partial charge is 0.465 e. The molecule has 0 bridgehead atoms. The molecule has 3 aromatic rings. The number of fused-ring (bicyclic) bond motifs is 1. The van der Waals surface area contributed by atoms with Crippen LogP contribution in [0.3, 0.4) is 0 Å². The lowest BCUT2D eigenvalue weighted by molar-refractivity contribution is 0.0939. The average molecular weight is 491 g/mol. The number of anilines is 1. The van der Waals surface area contributed by atoms with Gasteiger partial charge in [0.05, 0.1) is 11.1 Å². The number of carbonyl (C=O) groups excluding carboxylic acids is 1. The molecule has 0 aliphatic heterocycles. The van der Waals surface area contributed by atoms with E-state index >= 15 is 0 Å². The molecule has 2 aromatic heterocycles. The molecule has 6 heteroatoms. The zero-order valence-corrected chi connectivity index (χ0v) is 22.9. The molecule has 0 radical (unpaired) electrons. The van der Waals surface area contributed by atoms with E-state index < -0.39 is 0 Å². The van der Waals surface area contributed by atoms with Crippen molar-refractivity contribution in [2.45, 2.75) is 78.1 Å². The van der Waals surface area contributed by atoms with Crippen molar-refractivity contribution in [2.75, 3.05) is 25.5 Å². The highest BCUT2D eigenvalue weighted by Crippen LogP contribution is 2.32. The first-order valence-electron chi connectivity index (χ1n) is 13.4. The van der Waals surface area contributed by atoms with Gasteiger partial charge in [0, 0.05) is 37.9 Å². The maximum absolute atomic E-state index is 12.8. The maximum atomic E-state index is 12.8. The van der Waals surface area contributed by atoms with Gasteiger partial charge in [0.25, 0.3) is 5.91 Å². The van der Waals surface area contributed by atoms with Crippen molar-refractivity contribution in [1.82, 2.24) is 15.3 Å². The molecule has 0 spiro atoms. The summed E-state index contributed by atoms with van der Waals surface area (Å²) in [6.45, 7) is 8.92. The number of benzene rings is 1.